The van der Waals surface area contributed by atoms with E-state index in [1.807, 2.05) is 6.92 Å². The highest BCUT2D eigenvalue weighted by molar-refractivity contribution is 5.48. The Morgan fingerprint density at radius 3 is 2.50 bits per heavy atom. The molecule has 1 rings (SSSR count). The number of unbranched alkanes of at least 4 members (excludes halogenated alkanes) is 1. The van der Waals surface area contributed by atoms with Crippen molar-refractivity contribution in [3.63, 3.8) is 0 Å². The molecule has 0 unspecified atom stereocenters. The number of anilines is 1. The molecule has 1 aromatic carbocycles. The van der Waals surface area contributed by atoms with Crippen molar-refractivity contribution in [2.75, 3.05) is 12.3 Å². The van der Waals surface area contributed by atoms with E-state index in [9.17, 15) is 13.2 Å². The second-order valence-corrected chi connectivity index (χ2v) is 3.49. The van der Waals surface area contributed by atoms with Crippen LogP contribution >= 0.6 is 0 Å². The number of alkyl halides is 3. The molecule has 2 N–H and O–H groups in total. The van der Waals surface area contributed by atoms with Crippen LogP contribution in [0.25, 0.3) is 0 Å². The molecule has 90 valence electrons. The molecule has 0 aliphatic rings. The molecular formula is C11H14F3NO. The Kier molecular flexibility index (Phi) is 4.04. The first kappa shape index (κ1) is 12.7. The first-order valence-corrected chi connectivity index (χ1v) is 5.04. The van der Waals surface area contributed by atoms with Gasteiger partial charge in [-0.05, 0) is 18.6 Å². The maximum atomic E-state index is 12.4. The molecule has 0 spiro atoms. The molecule has 2 nitrogen and oxygen atoms in total. The summed E-state index contributed by atoms with van der Waals surface area (Å²) in [6.45, 7) is 2.38. The zero-order valence-electron chi connectivity index (χ0n) is 8.97. The third kappa shape index (κ3) is 3.64. The van der Waals surface area contributed by atoms with E-state index in [1.165, 1.54) is 6.07 Å². The van der Waals surface area contributed by atoms with Crippen molar-refractivity contribution in [2.45, 2.75) is 25.9 Å². The van der Waals surface area contributed by atoms with Gasteiger partial charge in [0.2, 0.25) is 0 Å². The van der Waals surface area contributed by atoms with Crippen LogP contribution in [0.4, 0.5) is 18.9 Å². The van der Waals surface area contributed by atoms with Gasteiger partial charge >= 0.3 is 6.18 Å². The fraction of sp³-hybridized carbons (Fsp3) is 0.455. The quantitative estimate of drug-likeness (QED) is 0.638. The Morgan fingerprint density at radius 1 is 1.25 bits per heavy atom. The van der Waals surface area contributed by atoms with Gasteiger partial charge in [0, 0.05) is 11.8 Å². The molecule has 0 radical (unpaired) electrons. The third-order valence-electron chi connectivity index (χ3n) is 2.02. The summed E-state index contributed by atoms with van der Waals surface area (Å²) < 4.78 is 42.5. The van der Waals surface area contributed by atoms with Crippen molar-refractivity contribution in [3.8, 4) is 5.75 Å². The van der Waals surface area contributed by atoms with E-state index < -0.39 is 11.7 Å². The summed E-state index contributed by atoms with van der Waals surface area (Å²) in [5, 5.41) is 0. The van der Waals surface area contributed by atoms with E-state index in [0.717, 1.165) is 25.0 Å². The predicted molar refractivity (Wildman–Crippen MR) is 56.3 cm³/mol. The molecule has 0 bridgehead atoms. The molecular weight excluding hydrogens is 219 g/mol. The lowest BCUT2D eigenvalue weighted by Gasteiger charge is -2.11. The SMILES string of the molecule is CCCCOc1cc(N)cc(C(F)(F)F)c1. The third-order valence-corrected chi connectivity index (χ3v) is 2.02. The number of rotatable bonds is 4. The predicted octanol–water partition coefficient (Wildman–Crippen LogP) is 3.47. The average Bonchev–Trinajstić information content (AvgIpc) is 2.16. The molecule has 0 fully saturated rings. The van der Waals surface area contributed by atoms with Crippen LogP contribution < -0.4 is 10.5 Å². The fourth-order valence-corrected chi connectivity index (χ4v) is 1.20. The minimum Gasteiger partial charge on any atom is -0.494 e. The van der Waals surface area contributed by atoms with E-state index in [4.69, 9.17) is 10.5 Å². The number of nitrogens with two attached hydrogens (primary N) is 1. The van der Waals surface area contributed by atoms with E-state index >= 15 is 0 Å². The molecule has 0 aromatic heterocycles. The number of benzene rings is 1. The van der Waals surface area contributed by atoms with Gasteiger partial charge in [0.05, 0.1) is 12.2 Å². The largest absolute Gasteiger partial charge is 0.494 e. The van der Waals surface area contributed by atoms with Gasteiger partial charge in [-0.15, -0.1) is 0 Å². The molecule has 0 aliphatic carbocycles. The van der Waals surface area contributed by atoms with E-state index in [0.29, 0.717) is 6.61 Å². The molecule has 16 heavy (non-hydrogen) atoms. The minimum atomic E-state index is -4.39. The summed E-state index contributed by atoms with van der Waals surface area (Å²) in [6, 6.07) is 3.25. The highest BCUT2D eigenvalue weighted by Gasteiger charge is 2.31. The van der Waals surface area contributed by atoms with Crippen LogP contribution in [0.2, 0.25) is 0 Å². The topological polar surface area (TPSA) is 35.2 Å². The second-order valence-electron chi connectivity index (χ2n) is 3.49. The van der Waals surface area contributed by atoms with Gasteiger partial charge in [-0.2, -0.15) is 13.2 Å². The van der Waals surface area contributed by atoms with Crippen molar-refractivity contribution >= 4 is 5.69 Å². The first-order valence-electron chi connectivity index (χ1n) is 5.04. The number of hydrogen-bond donors (Lipinski definition) is 1. The first-order chi connectivity index (χ1) is 7.43. The normalized spacial score (nSPS) is 11.5. The summed E-state index contributed by atoms with van der Waals surface area (Å²) in [4.78, 5) is 0. The monoisotopic (exact) mass is 233 g/mol. The van der Waals surface area contributed by atoms with Crippen LogP contribution in [-0.4, -0.2) is 6.61 Å². The Bertz CT molecular complexity index is 350. The summed E-state index contributed by atoms with van der Waals surface area (Å²) in [5.41, 5.74) is 4.66. The van der Waals surface area contributed by atoms with Crippen LogP contribution in [-0.2, 0) is 6.18 Å². The van der Waals surface area contributed by atoms with Crippen LogP contribution in [0.15, 0.2) is 18.2 Å². The minimum absolute atomic E-state index is 0.0568. The lowest BCUT2D eigenvalue weighted by molar-refractivity contribution is -0.137. The Morgan fingerprint density at radius 2 is 1.94 bits per heavy atom. The van der Waals surface area contributed by atoms with Gasteiger partial charge in [-0.25, -0.2) is 0 Å². The van der Waals surface area contributed by atoms with Crippen molar-refractivity contribution in [3.05, 3.63) is 23.8 Å². The smallest absolute Gasteiger partial charge is 0.416 e. The van der Waals surface area contributed by atoms with Gasteiger partial charge < -0.3 is 10.5 Å². The zero-order chi connectivity index (χ0) is 12.2. The average molecular weight is 233 g/mol. The van der Waals surface area contributed by atoms with Crippen molar-refractivity contribution in [2.24, 2.45) is 0 Å². The van der Waals surface area contributed by atoms with Crippen molar-refractivity contribution < 1.29 is 17.9 Å². The Balaban J connectivity index is 2.82. The van der Waals surface area contributed by atoms with E-state index in [1.54, 1.807) is 0 Å². The van der Waals surface area contributed by atoms with E-state index in [-0.39, 0.29) is 11.4 Å². The van der Waals surface area contributed by atoms with Crippen LogP contribution in [0.5, 0.6) is 5.75 Å². The molecule has 0 atom stereocenters. The van der Waals surface area contributed by atoms with Crippen LogP contribution in [0.3, 0.4) is 0 Å². The summed E-state index contributed by atoms with van der Waals surface area (Å²) in [5.74, 6) is 0.167. The molecule has 0 saturated heterocycles. The molecule has 0 saturated carbocycles. The standard InChI is InChI=1S/C11H14F3NO/c1-2-3-4-16-10-6-8(11(12,13)14)5-9(15)7-10/h5-7H,2-4,15H2,1H3. The zero-order valence-corrected chi connectivity index (χ0v) is 8.97. The van der Waals surface area contributed by atoms with Crippen molar-refractivity contribution in [1.29, 1.82) is 0 Å². The van der Waals surface area contributed by atoms with Gasteiger partial charge in [0.15, 0.2) is 0 Å². The lowest BCUT2D eigenvalue weighted by atomic mass is 10.2. The number of hydrogen-bond acceptors (Lipinski definition) is 2. The summed E-state index contributed by atoms with van der Waals surface area (Å²) in [6.07, 6.45) is -2.66. The van der Waals surface area contributed by atoms with Gasteiger partial charge in [-0.3, -0.25) is 0 Å². The van der Waals surface area contributed by atoms with Crippen LogP contribution in [0, 0.1) is 0 Å². The maximum Gasteiger partial charge on any atom is 0.416 e. The number of halogens is 3. The van der Waals surface area contributed by atoms with E-state index in [2.05, 4.69) is 0 Å². The van der Waals surface area contributed by atoms with Gasteiger partial charge in [0.25, 0.3) is 0 Å². The molecule has 5 heteroatoms. The number of ether oxygens (including phenoxy) is 1. The molecule has 0 heterocycles. The Labute approximate surface area is 92.2 Å². The fourth-order valence-electron chi connectivity index (χ4n) is 1.20. The number of nitrogen functional groups attached to an aromatic ring is 1. The highest BCUT2D eigenvalue weighted by atomic mass is 19.4. The Hall–Kier alpha value is -1.39. The summed E-state index contributed by atoms with van der Waals surface area (Å²) >= 11 is 0. The van der Waals surface area contributed by atoms with Crippen molar-refractivity contribution in [1.82, 2.24) is 0 Å². The van der Waals surface area contributed by atoms with Gasteiger partial charge in [-0.1, -0.05) is 13.3 Å². The highest BCUT2D eigenvalue weighted by Crippen LogP contribution is 2.33. The molecule has 1 aromatic rings. The van der Waals surface area contributed by atoms with Gasteiger partial charge in [0.1, 0.15) is 5.75 Å². The summed E-state index contributed by atoms with van der Waals surface area (Å²) in [7, 11) is 0. The second kappa shape index (κ2) is 5.09. The lowest BCUT2D eigenvalue weighted by Crippen LogP contribution is -2.07. The van der Waals surface area contributed by atoms with Crippen LogP contribution in [0.1, 0.15) is 25.3 Å². The maximum absolute atomic E-state index is 12.4. The molecule has 0 aliphatic heterocycles. The molecule has 0 amide bonds.